The monoisotopic (exact) mass is 347 g/mol. The molecule has 0 unspecified atom stereocenters. The first-order valence-electron chi connectivity index (χ1n) is 7.95. The minimum Gasteiger partial charge on any atom is -0.337 e. The van der Waals surface area contributed by atoms with Crippen LogP contribution in [0.1, 0.15) is 34.8 Å². The summed E-state index contributed by atoms with van der Waals surface area (Å²) in [4.78, 5) is 14.8. The second kappa shape index (κ2) is 6.39. The van der Waals surface area contributed by atoms with Crippen LogP contribution in [0, 0.1) is 6.92 Å². The normalized spacial score (nSPS) is 18.6. The van der Waals surface area contributed by atoms with Gasteiger partial charge in [0.25, 0.3) is 5.91 Å². The highest BCUT2D eigenvalue weighted by molar-refractivity contribution is 7.90. The molecule has 1 amide bonds. The molecule has 7 heteroatoms. The molecule has 0 saturated carbocycles. The number of aryl methyl sites for hydroxylation is 1. The standard InChI is InChI=1S/C17H21N3O3S/c1-13-6-7-14(11-16(13)24(2,22)23)17(21)19-9-3-5-15(12-19)20-10-4-8-18-20/h4,6-8,10-11,15H,3,5,9,12H2,1-2H3/t15-/m1/s1. The molecule has 0 N–H and O–H groups in total. The van der Waals surface area contributed by atoms with Gasteiger partial charge in [-0.25, -0.2) is 8.42 Å². The Balaban J connectivity index is 1.84. The highest BCUT2D eigenvalue weighted by atomic mass is 32.2. The van der Waals surface area contributed by atoms with E-state index in [-0.39, 0.29) is 16.8 Å². The molecule has 128 valence electrons. The molecule has 1 aromatic heterocycles. The SMILES string of the molecule is Cc1ccc(C(=O)N2CCC[C@@H](n3cccn3)C2)cc1S(C)(=O)=O. The van der Waals surface area contributed by atoms with Gasteiger partial charge in [0.2, 0.25) is 0 Å². The summed E-state index contributed by atoms with van der Waals surface area (Å²) in [7, 11) is -3.35. The molecule has 1 fully saturated rings. The zero-order valence-corrected chi connectivity index (χ0v) is 14.7. The van der Waals surface area contributed by atoms with Crippen LogP contribution < -0.4 is 0 Å². The number of hydrogen-bond acceptors (Lipinski definition) is 4. The number of piperidine rings is 1. The molecule has 1 atom stereocenters. The van der Waals surface area contributed by atoms with Crippen molar-refractivity contribution in [1.29, 1.82) is 0 Å². The number of hydrogen-bond donors (Lipinski definition) is 0. The average molecular weight is 347 g/mol. The van der Waals surface area contributed by atoms with Crippen LogP contribution in [0.3, 0.4) is 0 Å². The highest BCUT2D eigenvalue weighted by Gasteiger charge is 2.26. The van der Waals surface area contributed by atoms with E-state index in [1.165, 1.54) is 6.07 Å². The van der Waals surface area contributed by atoms with Crippen LogP contribution in [0.15, 0.2) is 41.6 Å². The highest BCUT2D eigenvalue weighted by Crippen LogP contribution is 2.24. The van der Waals surface area contributed by atoms with Crippen molar-refractivity contribution < 1.29 is 13.2 Å². The van der Waals surface area contributed by atoms with Crippen molar-refractivity contribution in [2.24, 2.45) is 0 Å². The Morgan fingerprint density at radius 1 is 1.33 bits per heavy atom. The molecule has 2 aromatic rings. The number of carbonyl (C=O) groups is 1. The smallest absolute Gasteiger partial charge is 0.253 e. The number of likely N-dealkylation sites (tertiary alicyclic amines) is 1. The molecule has 3 rings (SSSR count). The number of benzene rings is 1. The minimum atomic E-state index is -3.35. The lowest BCUT2D eigenvalue weighted by molar-refractivity contribution is 0.0672. The molecule has 0 radical (unpaired) electrons. The first-order valence-corrected chi connectivity index (χ1v) is 9.84. The van der Waals surface area contributed by atoms with Crippen molar-refractivity contribution in [3.05, 3.63) is 47.8 Å². The van der Waals surface area contributed by atoms with E-state index in [9.17, 15) is 13.2 Å². The maximum absolute atomic E-state index is 12.8. The minimum absolute atomic E-state index is 0.128. The lowest BCUT2D eigenvalue weighted by atomic mass is 10.0. The van der Waals surface area contributed by atoms with Crippen molar-refractivity contribution in [1.82, 2.24) is 14.7 Å². The first kappa shape index (κ1) is 16.7. The van der Waals surface area contributed by atoms with Crippen molar-refractivity contribution in [2.45, 2.75) is 30.7 Å². The van der Waals surface area contributed by atoms with Gasteiger partial charge in [0.15, 0.2) is 9.84 Å². The van der Waals surface area contributed by atoms with E-state index in [0.29, 0.717) is 24.2 Å². The van der Waals surface area contributed by atoms with Gasteiger partial charge in [0, 0.05) is 37.3 Å². The Hall–Kier alpha value is -2.15. The Labute approximate surface area is 142 Å². The van der Waals surface area contributed by atoms with Gasteiger partial charge >= 0.3 is 0 Å². The number of amides is 1. The largest absolute Gasteiger partial charge is 0.337 e. The van der Waals surface area contributed by atoms with Crippen LogP contribution in [0.5, 0.6) is 0 Å². The molecule has 6 nitrogen and oxygen atoms in total. The second-order valence-corrected chi connectivity index (χ2v) is 8.27. The van der Waals surface area contributed by atoms with E-state index in [4.69, 9.17) is 0 Å². The Bertz CT molecular complexity index is 844. The third-order valence-electron chi connectivity index (χ3n) is 4.42. The average Bonchev–Trinajstić information content (AvgIpc) is 3.08. The first-order chi connectivity index (χ1) is 11.4. The van der Waals surface area contributed by atoms with Gasteiger partial charge in [-0.05, 0) is 43.5 Å². The predicted molar refractivity (Wildman–Crippen MR) is 90.7 cm³/mol. The quantitative estimate of drug-likeness (QED) is 0.852. The summed E-state index contributed by atoms with van der Waals surface area (Å²) in [6.45, 7) is 3.00. The van der Waals surface area contributed by atoms with Gasteiger partial charge in [-0.1, -0.05) is 6.07 Å². The Morgan fingerprint density at radius 2 is 2.12 bits per heavy atom. The van der Waals surface area contributed by atoms with Crippen LogP contribution >= 0.6 is 0 Å². The Morgan fingerprint density at radius 3 is 2.79 bits per heavy atom. The lowest BCUT2D eigenvalue weighted by Gasteiger charge is -2.33. The van der Waals surface area contributed by atoms with E-state index in [0.717, 1.165) is 19.1 Å². The summed E-state index contributed by atoms with van der Waals surface area (Å²) in [6.07, 6.45) is 6.69. The summed E-state index contributed by atoms with van der Waals surface area (Å²) in [5, 5.41) is 4.26. The third-order valence-corrected chi connectivity index (χ3v) is 5.66. The number of sulfone groups is 1. The predicted octanol–water partition coefficient (Wildman–Crippen LogP) is 2.07. The fourth-order valence-corrected chi connectivity index (χ4v) is 4.16. The van der Waals surface area contributed by atoms with Gasteiger partial charge in [-0.2, -0.15) is 5.10 Å². The van der Waals surface area contributed by atoms with Crippen molar-refractivity contribution in [2.75, 3.05) is 19.3 Å². The maximum Gasteiger partial charge on any atom is 0.253 e. The van der Waals surface area contributed by atoms with Crippen LogP contribution in [0.2, 0.25) is 0 Å². The summed E-state index contributed by atoms with van der Waals surface area (Å²) >= 11 is 0. The third kappa shape index (κ3) is 3.36. The number of nitrogens with zero attached hydrogens (tertiary/aromatic N) is 3. The van der Waals surface area contributed by atoms with E-state index in [1.807, 2.05) is 16.9 Å². The maximum atomic E-state index is 12.8. The lowest BCUT2D eigenvalue weighted by Crippen LogP contribution is -2.40. The van der Waals surface area contributed by atoms with E-state index in [2.05, 4.69) is 5.10 Å². The van der Waals surface area contributed by atoms with Crippen molar-refractivity contribution in [3.63, 3.8) is 0 Å². The molecule has 1 saturated heterocycles. The zero-order chi connectivity index (χ0) is 17.3. The molecule has 1 aromatic carbocycles. The molecule has 24 heavy (non-hydrogen) atoms. The molecule has 0 spiro atoms. The summed E-state index contributed by atoms with van der Waals surface area (Å²) < 4.78 is 25.6. The molecular formula is C17H21N3O3S. The molecule has 1 aliphatic rings. The zero-order valence-electron chi connectivity index (χ0n) is 13.8. The van der Waals surface area contributed by atoms with Crippen LogP contribution in [-0.4, -0.2) is 48.4 Å². The van der Waals surface area contributed by atoms with Crippen LogP contribution in [-0.2, 0) is 9.84 Å². The number of carbonyl (C=O) groups excluding carboxylic acids is 1. The summed E-state index contributed by atoms with van der Waals surface area (Å²) in [6, 6.07) is 6.92. The topological polar surface area (TPSA) is 72.3 Å². The Kier molecular flexibility index (Phi) is 4.45. The molecule has 0 bridgehead atoms. The van der Waals surface area contributed by atoms with Crippen molar-refractivity contribution in [3.8, 4) is 0 Å². The van der Waals surface area contributed by atoms with E-state index >= 15 is 0 Å². The number of aromatic nitrogens is 2. The van der Waals surface area contributed by atoms with Gasteiger partial charge < -0.3 is 4.90 Å². The van der Waals surface area contributed by atoms with Gasteiger partial charge in [0.05, 0.1) is 10.9 Å². The fraction of sp³-hybridized carbons (Fsp3) is 0.412. The van der Waals surface area contributed by atoms with Gasteiger partial charge in [0.1, 0.15) is 0 Å². The second-order valence-electron chi connectivity index (χ2n) is 6.29. The van der Waals surface area contributed by atoms with Crippen LogP contribution in [0.4, 0.5) is 0 Å². The molecule has 1 aliphatic heterocycles. The van der Waals surface area contributed by atoms with Crippen molar-refractivity contribution >= 4 is 15.7 Å². The van der Waals surface area contributed by atoms with Gasteiger partial charge in [-0.3, -0.25) is 9.48 Å². The van der Waals surface area contributed by atoms with Gasteiger partial charge in [-0.15, -0.1) is 0 Å². The molecule has 2 heterocycles. The summed E-state index contributed by atoms with van der Waals surface area (Å²) in [5.41, 5.74) is 1.07. The van der Waals surface area contributed by atoms with E-state index in [1.54, 1.807) is 30.2 Å². The molecular weight excluding hydrogens is 326 g/mol. The van der Waals surface area contributed by atoms with E-state index < -0.39 is 9.84 Å². The fourth-order valence-electron chi connectivity index (χ4n) is 3.17. The molecule has 0 aliphatic carbocycles. The summed E-state index contributed by atoms with van der Waals surface area (Å²) in [5.74, 6) is -0.128. The van der Waals surface area contributed by atoms with Crippen LogP contribution in [0.25, 0.3) is 0 Å². The number of rotatable bonds is 3.